The Bertz CT molecular complexity index is 827. The minimum Gasteiger partial charge on any atom is -0.366 e. The molecule has 1 aromatic carbocycles. The Morgan fingerprint density at radius 2 is 2.04 bits per heavy atom. The Balaban J connectivity index is 1.70. The van der Waals surface area contributed by atoms with E-state index in [4.69, 9.17) is 11.6 Å². The Morgan fingerprint density at radius 1 is 1.28 bits per heavy atom. The van der Waals surface area contributed by atoms with Crippen LogP contribution in [0.5, 0.6) is 0 Å². The summed E-state index contributed by atoms with van der Waals surface area (Å²) in [6.07, 6.45) is 2.32. The molecule has 1 fully saturated rings. The number of aromatic nitrogens is 2. The first kappa shape index (κ1) is 17.9. The van der Waals surface area contributed by atoms with Crippen molar-refractivity contribution in [1.82, 2.24) is 9.97 Å². The number of halogens is 1. The zero-order chi connectivity index (χ0) is 17.9. The van der Waals surface area contributed by atoms with Gasteiger partial charge in [-0.3, -0.25) is 0 Å². The topological polar surface area (TPSA) is 75.2 Å². The van der Waals surface area contributed by atoms with Crippen LogP contribution in [0.1, 0.15) is 18.9 Å². The number of benzene rings is 1. The quantitative estimate of drug-likeness (QED) is 0.830. The third-order valence-corrected chi connectivity index (χ3v) is 6.28. The monoisotopic (exact) mass is 380 g/mol. The fourth-order valence-corrected chi connectivity index (χ4v) is 4.82. The molecule has 3 rings (SSSR count). The van der Waals surface area contributed by atoms with Crippen molar-refractivity contribution in [2.45, 2.75) is 25.9 Å². The zero-order valence-corrected chi connectivity index (χ0v) is 15.6. The Morgan fingerprint density at radius 3 is 2.68 bits per heavy atom. The number of hydrogen-bond donors (Lipinski definition) is 1. The summed E-state index contributed by atoms with van der Waals surface area (Å²) in [6, 6.07) is 9.37. The highest BCUT2D eigenvalue weighted by atomic mass is 35.5. The molecule has 1 aliphatic heterocycles. The summed E-state index contributed by atoms with van der Waals surface area (Å²) >= 11 is 5.89. The van der Waals surface area contributed by atoms with E-state index in [1.54, 1.807) is 12.3 Å². The Hall–Kier alpha value is -1.86. The molecule has 6 nitrogen and oxygen atoms in total. The van der Waals surface area contributed by atoms with Gasteiger partial charge in [-0.1, -0.05) is 23.7 Å². The number of anilines is 2. The maximum atomic E-state index is 11.8. The van der Waals surface area contributed by atoms with E-state index in [2.05, 4.69) is 15.3 Å². The summed E-state index contributed by atoms with van der Waals surface area (Å²) in [4.78, 5) is 10.9. The molecular weight excluding hydrogens is 360 g/mol. The SMILES string of the molecule is CCN(c1nccc(NCc2ccc(Cl)cc2)n1)C1CCS(=O)(=O)C1. The van der Waals surface area contributed by atoms with Crippen LogP contribution >= 0.6 is 11.6 Å². The van der Waals surface area contributed by atoms with Crippen molar-refractivity contribution in [3.8, 4) is 0 Å². The second-order valence-corrected chi connectivity index (χ2v) is 8.73. The lowest BCUT2D eigenvalue weighted by molar-refractivity contribution is 0.599. The van der Waals surface area contributed by atoms with E-state index in [1.165, 1.54) is 0 Å². The molecule has 1 aromatic heterocycles. The third-order valence-electron chi connectivity index (χ3n) is 4.28. The zero-order valence-electron chi connectivity index (χ0n) is 14.0. The maximum Gasteiger partial charge on any atom is 0.227 e. The van der Waals surface area contributed by atoms with Crippen molar-refractivity contribution in [3.63, 3.8) is 0 Å². The molecule has 25 heavy (non-hydrogen) atoms. The largest absolute Gasteiger partial charge is 0.366 e. The Labute approximate surface area is 153 Å². The highest BCUT2D eigenvalue weighted by Gasteiger charge is 2.32. The van der Waals surface area contributed by atoms with Gasteiger partial charge in [-0.25, -0.2) is 13.4 Å². The van der Waals surface area contributed by atoms with Gasteiger partial charge in [0.15, 0.2) is 9.84 Å². The molecule has 0 saturated carbocycles. The van der Waals surface area contributed by atoms with Crippen LogP contribution in [0.4, 0.5) is 11.8 Å². The molecule has 0 bridgehead atoms. The van der Waals surface area contributed by atoms with Gasteiger partial charge in [0.05, 0.1) is 11.5 Å². The lowest BCUT2D eigenvalue weighted by Gasteiger charge is -2.26. The fraction of sp³-hybridized carbons (Fsp3) is 0.412. The third kappa shape index (κ3) is 4.61. The molecule has 2 aromatic rings. The van der Waals surface area contributed by atoms with Gasteiger partial charge in [-0.15, -0.1) is 0 Å². The van der Waals surface area contributed by atoms with Crippen molar-refractivity contribution in [2.24, 2.45) is 0 Å². The minimum absolute atomic E-state index is 0.0542. The van der Waals surface area contributed by atoms with Crippen LogP contribution in [0.25, 0.3) is 0 Å². The van der Waals surface area contributed by atoms with Crippen molar-refractivity contribution < 1.29 is 8.42 Å². The summed E-state index contributed by atoms with van der Waals surface area (Å²) in [6.45, 7) is 3.28. The molecule has 0 spiro atoms. The number of rotatable bonds is 6. The molecule has 0 radical (unpaired) electrons. The standard InChI is InChI=1S/C17H21ClN4O2S/c1-2-22(15-8-10-25(23,24)12-15)17-19-9-7-16(21-17)20-11-13-3-5-14(18)6-4-13/h3-7,9,15H,2,8,10-12H2,1H3,(H,19,20,21). The van der Waals surface area contributed by atoms with Crippen LogP contribution in [-0.2, 0) is 16.4 Å². The van der Waals surface area contributed by atoms with Gasteiger partial charge in [0, 0.05) is 30.4 Å². The summed E-state index contributed by atoms with van der Waals surface area (Å²) in [5, 5.41) is 3.97. The van der Waals surface area contributed by atoms with Gasteiger partial charge in [0.25, 0.3) is 0 Å². The Kier molecular flexibility index (Phi) is 5.44. The first-order chi connectivity index (χ1) is 12.0. The normalized spacial score (nSPS) is 18.9. The average Bonchev–Trinajstić information content (AvgIpc) is 2.95. The van der Waals surface area contributed by atoms with Gasteiger partial charge < -0.3 is 10.2 Å². The molecule has 2 heterocycles. The number of sulfone groups is 1. The van der Waals surface area contributed by atoms with E-state index < -0.39 is 9.84 Å². The van der Waals surface area contributed by atoms with Crippen LogP contribution in [0.3, 0.4) is 0 Å². The van der Waals surface area contributed by atoms with E-state index in [-0.39, 0.29) is 17.5 Å². The molecule has 1 atom stereocenters. The summed E-state index contributed by atoms with van der Waals surface area (Å²) in [5.41, 5.74) is 1.10. The van der Waals surface area contributed by atoms with E-state index >= 15 is 0 Å². The molecule has 1 aliphatic rings. The van der Waals surface area contributed by atoms with Gasteiger partial charge in [0.1, 0.15) is 5.82 Å². The highest BCUT2D eigenvalue weighted by molar-refractivity contribution is 7.91. The van der Waals surface area contributed by atoms with Crippen LogP contribution in [0.15, 0.2) is 36.5 Å². The first-order valence-corrected chi connectivity index (χ1v) is 10.5. The summed E-state index contributed by atoms with van der Waals surface area (Å²) in [7, 11) is -2.94. The van der Waals surface area contributed by atoms with E-state index in [9.17, 15) is 8.42 Å². The second-order valence-electron chi connectivity index (χ2n) is 6.06. The van der Waals surface area contributed by atoms with Crippen LogP contribution in [0.2, 0.25) is 5.02 Å². The van der Waals surface area contributed by atoms with Crippen molar-refractivity contribution >= 4 is 33.2 Å². The lowest BCUT2D eigenvalue weighted by atomic mass is 10.2. The fourth-order valence-electron chi connectivity index (χ4n) is 2.96. The van der Waals surface area contributed by atoms with Crippen molar-refractivity contribution in [2.75, 3.05) is 28.3 Å². The van der Waals surface area contributed by atoms with Gasteiger partial charge in [0.2, 0.25) is 5.95 Å². The summed E-state index contributed by atoms with van der Waals surface area (Å²) in [5.74, 6) is 1.68. The van der Waals surface area contributed by atoms with Gasteiger partial charge in [-0.05, 0) is 37.1 Å². The van der Waals surface area contributed by atoms with Crippen LogP contribution < -0.4 is 10.2 Å². The predicted octanol–water partition coefficient (Wildman–Crippen LogP) is 2.76. The number of nitrogens with one attached hydrogen (secondary N) is 1. The van der Waals surface area contributed by atoms with Crippen molar-refractivity contribution in [3.05, 3.63) is 47.1 Å². The van der Waals surface area contributed by atoms with E-state index in [1.807, 2.05) is 36.1 Å². The van der Waals surface area contributed by atoms with E-state index in [0.29, 0.717) is 36.3 Å². The molecule has 0 aliphatic carbocycles. The smallest absolute Gasteiger partial charge is 0.227 e. The van der Waals surface area contributed by atoms with Gasteiger partial charge >= 0.3 is 0 Å². The second kappa shape index (κ2) is 7.58. The maximum absolute atomic E-state index is 11.8. The molecule has 8 heteroatoms. The molecule has 1 N–H and O–H groups in total. The first-order valence-electron chi connectivity index (χ1n) is 8.25. The highest BCUT2D eigenvalue weighted by Crippen LogP contribution is 2.22. The number of nitrogens with zero attached hydrogens (tertiary/aromatic N) is 3. The molecule has 0 amide bonds. The summed E-state index contributed by atoms with van der Waals surface area (Å²) < 4.78 is 23.5. The molecule has 134 valence electrons. The van der Waals surface area contributed by atoms with Gasteiger partial charge in [-0.2, -0.15) is 4.98 Å². The molecule has 1 unspecified atom stereocenters. The van der Waals surface area contributed by atoms with Crippen LogP contribution in [0, 0.1) is 0 Å². The van der Waals surface area contributed by atoms with E-state index in [0.717, 1.165) is 5.56 Å². The lowest BCUT2D eigenvalue weighted by Crippen LogP contribution is -2.37. The number of hydrogen-bond acceptors (Lipinski definition) is 6. The predicted molar refractivity (Wildman–Crippen MR) is 101 cm³/mol. The minimum atomic E-state index is -2.94. The van der Waals surface area contributed by atoms with Crippen LogP contribution in [-0.4, -0.2) is 42.5 Å². The molecular formula is C17H21ClN4O2S. The molecule has 1 saturated heterocycles. The average molecular weight is 381 g/mol. The van der Waals surface area contributed by atoms with Crippen molar-refractivity contribution in [1.29, 1.82) is 0 Å².